The largest absolute Gasteiger partial charge is 0.481 e. The van der Waals surface area contributed by atoms with Crippen LogP contribution in [-0.2, 0) is 27.8 Å². The number of sulfonamides is 1. The number of aromatic nitrogens is 1. The van der Waals surface area contributed by atoms with Gasteiger partial charge in [0.15, 0.2) is 0 Å². The van der Waals surface area contributed by atoms with E-state index in [4.69, 9.17) is 5.14 Å². The van der Waals surface area contributed by atoms with Crippen molar-refractivity contribution in [3.63, 3.8) is 0 Å². The van der Waals surface area contributed by atoms with Gasteiger partial charge in [-0.15, -0.1) is 0 Å². The number of nitrogens with two attached hydrogens (primary N) is 1. The van der Waals surface area contributed by atoms with Crippen LogP contribution in [0.15, 0.2) is 47.4 Å². The van der Waals surface area contributed by atoms with Gasteiger partial charge >= 0.3 is 5.97 Å². The van der Waals surface area contributed by atoms with Gasteiger partial charge < -0.3 is 9.67 Å². The van der Waals surface area contributed by atoms with E-state index in [9.17, 15) is 22.7 Å². The van der Waals surface area contributed by atoms with Gasteiger partial charge in [-0.05, 0) is 54.7 Å². The molecule has 0 radical (unpaired) electrons. The summed E-state index contributed by atoms with van der Waals surface area (Å²) in [6.45, 7) is 0.262. The van der Waals surface area contributed by atoms with E-state index >= 15 is 0 Å². The number of rotatable bonds is 5. The summed E-state index contributed by atoms with van der Waals surface area (Å²) >= 11 is 0. The maximum atomic E-state index is 14.8. The van der Waals surface area contributed by atoms with Crippen LogP contribution >= 0.6 is 0 Å². The van der Waals surface area contributed by atoms with Gasteiger partial charge in [0, 0.05) is 29.1 Å². The van der Waals surface area contributed by atoms with Gasteiger partial charge in [-0.25, -0.2) is 17.9 Å². The summed E-state index contributed by atoms with van der Waals surface area (Å²) in [6, 6.07) is 11.3. The standard InChI is InChI=1S/C21H21FN2O4S/c22-18-9-8-13(29(23,27)28)12-17(18)16-6-3-5-15-14-4-1-2-7-19(14)24(21(15)16)11-10-20(25)26/h1-2,4,7-9,12,16H,3,5-6,10-11H2,(H,25,26)(H2,23,27,28). The molecule has 152 valence electrons. The van der Waals surface area contributed by atoms with Crippen molar-refractivity contribution < 1.29 is 22.7 Å². The Morgan fingerprint density at radius 2 is 2.00 bits per heavy atom. The SMILES string of the molecule is NS(=O)(=O)c1ccc(F)c(C2CCCc3c2n(CCC(=O)O)c2ccccc32)c1. The zero-order chi connectivity index (χ0) is 20.8. The molecule has 8 heteroatoms. The highest BCUT2D eigenvalue weighted by Gasteiger charge is 2.31. The monoisotopic (exact) mass is 416 g/mol. The molecule has 0 bridgehead atoms. The number of carboxylic acids is 1. The summed E-state index contributed by atoms with van der Waals surface area (Å²) in [6.07, 6.45) is 2.21. The van der Waals surface area contributed by atoms with Crippen molar-refractivity contribution >= 4 is 26.9 Å². The number of nitrogens with zero attached hydrogens (tertiary/aromatic N) is 1. The predicted molar refractivity (Wildman–Crippen MR) is 107 cm³/mol. The Balaban J connectivity index is 1.94. The topological polar surface area (TPSA) is 102 Å². The smallest absolute Gasteiger partial charge is 0.305 e. The fourth-order valence-electron chi connectivity index (χ4n) is 4.39. The van der Waals surface area contributed by atoms with Crippen molar-refractivity contribution in [3.8, 4) is 0 Å². The van der Waals surface area contributed by atoms with E-state index < -0.39 is 21.8 Å². The maximum absolute atomic E-state index is 14.8. The summed E-state index contributed by atoms with van der Waals surface area (Å²) in [4.78, 5) is 11.1. The summed E-state index contributed by atoms with van der Waals surface area (Å²) in [7, 11) is -3.97. The van der Waals surface area contributed by atoms with Crippen molar-refractivity contribution in [1.29, 1.82) is 0 Å². The lowest BCUT2D eigenvalue weighted by Crippen LogP contribution is -2.19. The zero-order valence-electron chi connectivity index (χ0n) is 15.6. The third-order valence-electron chi connectivity index (χ3n) is 5.59. The van der Waals surface area contributed by atoms with Crippen molar-refractivity contribution in [3.05, 3.63) is 65.1 Å². The second-order valence-corrected chi connectivity index (χ2v) is 8.91. The van der Waals surface area contributed by atoms with Crippen LogP contribution in [0.5, 0.6) is 0 Å². The first-order chi connectivity index (χ1) is 13.8. The number of fused-ring (bicyclic) bond motifs is 3. The molecule has 0 saturated heterocycles. The molecule has 0 fully saturated rings. The van der Waals surface area contributed by atoms with Crippen LogP contribution in [0.2, 0.25) is 0 Å². The first-order valence-corrected chi connectivity index (χ1v) is 11.0. The lowest BCUT2D eigenvalue weighted by molar-refractivity contribution is -0.137. The number of para-hydroxylation sites is 1. The molecule has 1 aromatic heterocycles. The van der Waals surface area contributed by atoms with Crippen LogP contribution in [0, 0.1) is 5.82 Å². The van der Waals surface area contributed by atoms with Crippen molar-refractivity contribution in [2.75, 3.05) is 0 Å². The number of carbonyl (C=O) groups is 1. The summed E-state index contributed by atoms with van der Waals surface area (Å²) < 4.78 is 40.3. The van der Waals surface area contributed by atoms with Crippen molar-refractivity contribution in [2.24, 2.45) is 5.14 Å². The second kappa shape index (κ2) is 7.27. The van der Waals surface area contributed by atoms with Gasteiger partial charge in [0.05, 0.1) is 11.3 Å². The number of aliphatic carboxylic acids is 1. The summed E-state index contributed by atoms with van der Waals surface area (Å²) in [5.74, 6) is -1.78. The number of hydrogen-bond donors (Lipinski definition) is 2. The van der Waals surface area contributed by atoms with E-state index in [1.807, 2.05) is 28.8 Å². The van der Waals surface area contributed by atoms with Gasteiger partial charge in [-0.3, -0.25) is 4.79 Å². The van der Waals surface area contributed by atoms with Crippen LogP contribution in [0.3, 0.4) is 0 Å². The second-order valence-electron chi connectivity index (χ2n) is 7.35. The highest BCUT2D eigenvalue weighted by molar-refractivity contribution is 7.89. The Kier molecular flexibility index (Phi) is 4.92. The maximum Gasteiger partial charge on any atom is 0.305 e. The molecule has 0 spiro atoms. The Morgan fingerprint density at radius 1 is 1.24 bits per heavy atom. The first kappa shape index (κ1) is 19.6. The molecule has 4 rings (SSSR count). The van der Waals surface area contributed by atoms with E-state index in [-0.39, 0.29) is 29.3 Å². The molecule has 3 aromatic rings. The van der Waals surface area contributed by atoms with Gasteiger partial charge in [-0.2, -0.15) is 0 Å². The molecule has 6 nitrogen and oxygen atoms in total. The average Bonchev–Trinajstić information content (AvgIpc) is 3.00. The fourth-order valence-corrected chi connectivity index (χ4v) is 4.94. The molecule has 1 atom stereocenters. The Morgan fingerprint density at radius 3 is 2.72 bits per heavy atom. The van der Waals surface area contributed by atoms with Crippen LogP contribution < -0.4 is 5.14 Å². The fraction of sp³-hybridized carbons (Fsp3) is 0.286. The normalized spacial score (nSPS) is 16.7. The van der Waals surface area contributed by atoms with Gasteiger partial charge in [0.2, 0.25) is 10.0 Å². The number of primary sulfonamides is 1. The molecule has 0 amide bonds. The number of carboxylic acid groups (broad SMARTS) is 1. The summed E-state index contributed by atoms with van der Waals surface area (Å²) in [5.41, 5.74) is 3.12. The third-order valence-corrected chi connectivity index (χ3v) is 6.50. The van der Waals surface area contributed by atoms with Gasteiger partial charge in [0.1, 0.15) is 5.82 Å². The molecular formula is C21H21FN2O4S. The number of halogens is 1. The minimum absolute atomic E-state index is 0.0580. The first-order valence-electron chi connectivity index (χ1n) is 9.41. The van der Waals surface area contributed by atoms with Crippen LogP contribution in [0.1, 0.15) is 42.0 Å². The van der Waals surface area contributed by atoms with Crippen LogP contribution in [0.25, 0.3) is 10.9 Å². The molecule has 0 saturated carbocycles. The molecule has 1 unspecified atom stereocenters. The van der Waals surface area contributed by atoms with E-state index in [0.717, 1.165) is 47.1 Å². The van der Waals surface area contributed by atoms with E-state index in [1.165, 1.54) is 6.07 Å². The number of benzene rings is 2. The van der Waals surface area contributed by atoms with Gasteiger partial charge in [0.25, 0.3) is 0 Å². The molecule has 1 heterocycles. The Hall–Kier alpha value is -2.71. The minimum Gasteiger partial charge on any atom is -0.481 e. The molecule has 2 aromatic carbocycles. The van der Waals surface area contributed by atoms with E-state index in [2.05, 4.69) is 0 Å². The lowest BCUT2D eigenvalue weighted by atomic mass is 9.82. The molecule has 0 aliphatic heterocycles. The Labute approximate surface area is 167 Å². The number of hydrogen-bond acceptors (Lipinski definition) is 3. The zero-order valence-corrected chi connectivity index (χ0v) is 16.5. The molecule has 1 aliphatic carbocycles. The predicted octanol–water partition coefficient (Wildman–Crippen LogP) is 3.37. The molecule has 1 aliphatic rings. The lowest BCUT2D eigenvalue weighted by Gasteiger charge is -2.27. The van der Waals surface area contributed by atoms with Crippen LogP contribution in [0.4, 0.5) is 4.39 Å². The highest BCUT2D eigenvalue weighted by Crippen LogP contribution is 2.43. The van der Waals surface area contributed by atoms with E-state index in [1.54, 1.807) is 0 Å². The molecule has 3 N–H and O–H groups in total. The number of aryl methyl sites for hydroxylation is 2. The van der Waals surface area contributed by atoms with Crippen molar-refractivity contribution in [2.45, 2.75) is 43.0 Å². The van der Waals surface area contributed by atoms with E-state index in [0.29, 0.717) is 6.42 Å². The van der Waals surface area contributed by atoms with Gasteiger partial charge in [-0.1, -0.05) is 18.2 Å². The molecular weight excluding hydrogens is 395 g/mol. The Bertz CT molecular complexity index is 1220. The quantitative estimate of drug-likeness (QED) is 0.666. The van der Waals surface area contributed by atoms with Crippen molar-refractivity contribution in [1.82, 2.24) is 4.57 Å². The third kappa shape index (κ3) is 3.54. The molecule has 29 heavy (non-hydrogen) atoms. The summed E-state index contributed by atoms with van der Waals surface area (Å²) in [5, 5.41) is 15.5. The minimum atomic E-state index is -3.97. The highest BCUT2D eigenvalue weighted by atomic mass is 32.2. The average molecular weight is 416 g/mol. The van der Waals surface area contributed by atoms with Crippen LogP contribution in [-0.4, -0.2) is 24.1 Å².